The molecular formula is C11H9IO2. The lowest BCUT2D eigenvalue weighted by Gasteiger charge is -2.01. The summed E-state index contributed by atoms with van der Waals surface area (Å²) in [6.45, 7) is 2.05. The molecule has 0 spiro atoms. The molecule has 0 saturated carbocycles. The lowest BCUT2D eigenvalue weighted by molar-refractivity contribution is 0.552. The number of halogens is 1. The van der Waals surface area contributed by atoms with E-state index in [2.05, 4.69) is 0 Å². The number of rotatable bonds is 1. The van der Waals surface area contributed by atoms with E-state index in [-0.39, 0.29) is 5.63 Å². The van der Waals surface area contributed by atoms with Gasteiger partial charge in [-0.2, -0.15) is 0 Å². The van der Waals surface area contributed by atoms with Crippen LogP contribution in [0.15, 0.2) is 33.5 Å². The molecule has 0 atom stereocenters. The van der Waals surface area contributed by atoms with Gasteiger partial charge in [0.25, 0.3) is 0 Å². The molecule has 14 heavy (non-hydrogen) atoms. The summed E-state index contributed by atoms with van der Waals surface area (Å²) in [5, 5.41) is 0.994. The van der Waals surface area contributed by atoms with Gasteiger partial charge in [0, 0.05) is 5.39 Å². The predicted molar refractivity (Wildman–Crippen MR) is 64.6 cm³/mol. The molecule has 72 valence electrons. The van der Waals surface area contributed by atoms with Crippen molar-refractivity contribution in [2.45, 2.75) is 13.3 Å². The Morgan fingerprint density at radius 2 is 2.21 bits per heavy atom. The Kier molecular flexibility index (Phi) is 2.58. The molecule has 0 bridgehead atoms. The molecule has 2 nitrogen and oxygen atoms in total. The molecule has 1 aromatic heterocycles. The fourth-order valence-corrected chi connectivity index (χ4v) is 1.90. The first-order chi connectivity index (χ1) is 6.72. The van der Waals surface area contributed by atoms with Gasteiger partial charge in [-0.05, 0) is 40.6 Å². The number of benzene rings is 1. The zero-order valence-electron chi connectivity index (χ0n) is 7.71. The summed E-state index contributed by atoms with van der Waals surface area (Å²) in [6, 6.07) is 7.79. The second kappa shape index (κ2) is 3.73. The van der Waals surface area contributed by atoms with Crippen molar-refractivity contribution in [3.63, 3.8) is 0 Å². The second-order valence-electron chi connectivity index (χ2n) is 3.07. The topological polar surface area (TPSA) is 30.2 Å². The molecule has 3 heteroatoms. The van der Waals surface area contributed by atoms with Gasteiger partial charge in [-0.1, -0.05) is 25.1 Å². The van der Waals surface area contributed by atoms with E-state index in [0.717, 1.165) is 23.0 Å². The highest BCUT2D eigenvalue weighted by Crippen LogP contribution is 2.18. The fourth-order valence-electron chi connectivity index (χ4n) is 1.46. The van der Waals surface area contributed by atoms with Crippen molar-refractivity contribution in [1.29, 1.82) is 0 Å². The minimum Gasteiger partial charge on any atom is -0.422 e. The summed E-state index contributed by atoms with van der Waals surface area (Å²) in [5.74, 6) is 0. The number of hydrogen-bond acceptors (Lipinski definition) is 2. The summed E-state index contributed by atoms with van der Waals surface area (Å²) in [6.07, 6.45) is 0.876. The Morgan fingerprint density at radius 1 is 1.43 bits per heavy atom. The van der Waals surface area contributed by atoms with E-state index in [9.17, 15) is 4.79 Å². The first-order valence-corrected chi connectivity index (χ1v) is 5.51. The number of hydrogen-bond donors (Lipinski definition) is 0. The van der Waals surface area contributed by atoms with Gasteiger partial charge < -0.3 is 4.42 Å². The van der Waals surface area contributed by atoms with Gasteiger partial charge in [-0.3, -0.25) is 0 Å². The van der Waals surface area contributed by atoms with Gasteiger partial charge in [-0.25, -0.2) is 4.79 Å². The van der Waals surface area contributed by atoms with E-state index in [1.807, 2.05) is 53.8 Å². The maximum atomic E-state index is 11.3. The zero-order chi connectivity index (χ0) is 10.1. The summed E-state index contributed by atoms with van der Waals surface area (Å²) >= 11 is 1.99. The fraction of sp³-hybridized carbons (Fsp3) is 0.182. The van der Waals surface area contributed by atoms with Crippen LogP contribution in [0.25, 0.3) is 11.0 Å². The van der Waals surface area contributed by atoms with Gasteiger partial charge in [0.15, 0.2) is 0 Å². The molecular weight excluding hydrogens is 291 g/mol. The van der Waals surface area contributed by atoms with Crippen molar-refractivity contribution < 1.29 is 4.42 Å². The van der Waals surface area contributed by atoms with E-state index in [1.165, 1.54) is 0 Å². The average Bonchev–Trinajstić information content (AvgIpc) is 2.19. The third-order valence-corrected chi connectivity index (χ3v) is 2.93. The van der Waals surface area contributed by atoms with Crippen molar-refractivity contribution >= 4 is 33.6 Å². The first kappa shape index (κ1) is 9.71. The van der Waals surface area contributed by atoms with Crippen LogP contribution in [0.3, 0.4) is 0 Å². The van der Waals surface area contributed by atoms with Crippen LogP contribution >= 0.6 is 22.6 Å². The third kappa shape index (κ3) is 1.56. The first-order valence-electron chi connectivity index (χ1n) is 4.43. The van der Waals surface area contributed by atoms with E-state index in [0.29, 0.717) is 3.57 Å². The second-order valence-corrected chi connectivity index (χ2v) is 4.23. The SMILES string of the molecule is CCc1cccc2cc(I)c(=O)oc12. The van der Waals surface area contributed by atoms with Crippen LogP contribution in [0.4, 0.5) is 0 Å². The van der Waals surface area contributed by atoms with E-state index >= 15 is 0 Å². The number of aryl methyl sites for hydroxylation is 1. The minimum atomic E-state index is -0.251. The molecule has 0 aliphatic heterocycles. The lowest BCUT2D eigenvalue weighted by atomic mass is 10.1. The van der Waals surface area contributed by atoms with Crippen LogP contribution in [0.2, 0.25) is 0 Å². The molecule has 1 aromatic carbocycles. The smallest absolute Gasteiger partial charge is 0.349 e. The molecule has 0 amide bonds. The van der Waals surface area contributed by atoms with Crippen molar-refractivity contribution in [1.82, 2.24) is 0 Å². The lowest BCUT2D eigenvalue weighted by Crippen LogP contribution is -2.02. The van der Waals surface area contributed by atoms with Gasteiger partial charge in [0.2, 0.25) is 0 Å². The van der Waals surface area contributed by atoms with Crippen molar-refractivity contribution in [2.75, 3.05) is 0 Å². The Balaban J connectivity index is 2.88. The minimum absolute atomic E-state index is 0.251. The molecule has 0 aliphatic rings. The van der Waals surface area contributed by atoms with Crippen LogP contribution in [-0.2, 0) is 6.42 Å². The van der Waals surface area contributed by atoms with Crippen molar-refractivity contribution in [2.24, 2.45) is 0 Å². The average molecular weight is 300 g/mol. The highest BCUT2D eigenvalue weighted by Gasteiger charge is 2.05. The van der Waals surface area contributed by atoms with Crippen molar-refractivity contribution in [3.05, 3.63) is 43.8 Å². The van der Waals surface area contributed by atoms with Crippen LogP contribution in [0, 0.1) is 3.57 Å². The molecule has 0 N–H and O–H groups in total. The Hall–Kier alpha value is -0.840. The predicted octanol–water partition coefficient (Wildman–Crippen LogP) is 2.96. The summed E-state index contributed by atoms with van der Waals surface area (Å²) in [4.78, 5) is 11.3. The van der Waals surface area contributed by atoms with Gasteiger partial charge >= 0.3 is 5.63 Å². The maximum Gasteiger partial charge on any atom is 0.349 e. The number of fused-ring (bicyclic) bond motifs is 1. The normalized spacial score (nSPS) is 10.7. The van der Waals surface area contributed by atoms with Gasteiger partial charge in [0.1, 0.15) is 5.58 Å². The largest absolute Gasteiger partial charge is 0.422 e. The summed E-state index contributed by atoms with van der Waals surface area (Å²) in [5.41, 5.74) is 1.55. The quantitative estimate of drug-likeness (QED) is 0.599. The Bertz CT molecular complexity index is 528. The van der Waals surface area contributed by atoms with E-state index < -0.39 is 0 Å². The molecule has 0 saturated heterocycles. The van der Waals surface area contributed by atoms with Gasteiger partial charge in [0.05, 0.1) is 3.57 Å². The van der Waals surface area contributed by atoms with E-state index in [4.69, 9.17) is 4.42 Å². The molecule has 0 unspecified atom stereocenters. The molecule has 1 heterocycles. The standard InChI is InChI=1S/C11H9IO2/c1-2-7-4-3-5-8-6-9(12)11(13)14-10(7)8/h3-6H,2H2,1H3. The van der Waals surface area contributed by atoms with Crippen LogP contribution in [0.5, 0.6) is 0 Å². The van der Waals surface area contributed by atoms with E-state index in [1.54, 1.807) is 0 Å². The maximum absolute atomic E-state index is 11.3. The molecule has 2 rings (SSSR count). The van der Waals surface area contributed by atoms with Gasteiger partial charge in [-0.15, -0.1) is 0 Å². The van der Waals surface area contributed by atoms with Crippen LogP contribution in [-0.4, -0.2) is 0 Å². The highest BCUT2D eigenvalue weighted by molar-refractivity contribution is 14.1. The molecule has 2 aromatic rings. The zero-order valence-corrected chi connectivity index (χ0v) is 9.87. The molecule has 0 aliphatic carbocycles. The molecule has 0 radical (unpaired) electrons. The Morgan fingerprint density at radius 3 is 2.93 bits per heavy atom. The monoisotopic (exact) mass is 300 g/mol. The van der Waals surface area contributed by atoms with Crippen molar-refractivity contribution in [3.8, 4) is 0 Å². The Labute approximate surface area is 95.1 Å². The van der Waals surface area contributed by atoms with Crippen LogP contribution < -0.4 is 5.63 Å². The third-order valence-electron chi connectivity index (χ3n) is 2.18. The molecule has 0 fully saturated rings. The summed E-state index contributed by atoms with van der Waals surface area (Å²) in [7, 11) is 0. The highest BCUT2D eigenvalue weighted by atomic mass is 127. The number of para-hydroxylation sites is 1. The summed E-state index contributed by atoms with van der Waals surface area (Å²) < 4.78 is 5.88. The van der Waals surface area contributed by atoms with Crippen LogP contribution in [0.1, 0.15) is 12.5 Å².